The molecule has 1 aromatic carbocycles. The molecule has 5 nitrogen and oxygen atoms in total. The van der Waals surface area contributed by atoms with Gasteiger partial charge in [-0.15, -0.1) is 0 Å². The van der Waals surface area contributed by atoms with Crippen molar-refractivity contribution in [3.8, 4) is 0 Å². The molecule has 0 amide bonds. The number of hydrogen-bond donors (Lipinski definition) is 0. The molecule has 3 rings (SSSR count). The molecule has 0 spiro atoms. The standard InChI is InChI=1S/C18H21N3O2S/c1-10-9-11(2)15(13(4)12(10)3)17-14(5)16-18(20-8-7-19-16)21(6)24(17,22)23/h7-9H,1-6H3. The van der Waals surface area contributed by atoms with E-state index >= 15 is 0 Å². The SMILES string of the molecule is CC1=C(c2c(C)cc(C)c(C)c2C)S(=O)(=O)N(C)c2nccnc21. The summed E-state index contributed by atoms with van der Waals surface area (Å²) in [5, 5.41) is 0. The molecule has 0 unspecified atom stereocenters. The predicted molar refractivity (Wildman–Crippen MR) is 97.2 cm³/mol. The number of nitrogens with zero attached hydrogens (tertiary/aromatic N) is 3. The average Bonchev–Trinajstić information content (AvgIpc) is 2.54. The Labute approximate surface area is 143 Å². The van der Waals surface area contributed by atoms with Gasteiger partial charge in [0.05, 0.1) is 0 Å². The molecule has 1 aliphatic rings. The average molecular weight is 343 g/mol. The molecule has 2 heterocycles. The minimum absolute atomic E-state index is 0.330. The van der Waals surface area contributed by atoms with Gasteiger partial charge in [0.2, 0.25) is 0 Å². The summed E-state index contributed by atoms with van der Waals surface area (Å²) in [7, 11) is -2.15. The van der Waals surface area contributed by atoms with Gasteiger partial charge in [0.1, 0.15) is 10.6 Å². The molecule has 0 N–H and O–H groups in total. The van der Waals surface area contributed by atoms with Crippen LogP contribution in [0.1, 0.15) is 40.4 Å². The number of anilines is 1. The molecule has 1 aliphatic heterocycles. The first-order chi connectivity index (χ1) is 11.2. The van der Waals surface area contributed by atoms with Crippen LogP contribution in [-0.2, 0) is 10.0 Å². The predicted octanol–water partition coefficient (Wildman–Crippen LogP) is 3.38. The second-order valence-electron chi connectivity index (χ2n) is 6.29. The van der Waals surface area contributed by atoms with Crippen LogP contribution in [0.25, 0.3) is 10.5 Å². The van der Waals surface area contributed by atoms with Crippen molar-refractivity contribution >= 4 is 26.3 Å². The van der Waals surface area contributed by atoms with Crippen LogP contribution < -0.4 is 4.31 Å². The smallest absolute Gasteiger partial charge is 0.251 e. The third-order valence-corrected chi connectivity index (χ3v) is 6.80. The lowest BCUT2D eigenvalue weighted by molar-refractivity contribution is 0.603. The third kappa shape index (κ3) is 2.17. The van der Waals surface area contributed by atoms with E-state index in [4.69, 9.17) is 0 Å². The topological polar surface area (TPSA) is 63.2 Å². The van der Waals surface area contributed by atoms with Crippen molar-refractivity contribution in [2.75, 3.05) is 11.4 Å². The Balaban J connectivity index is 2.46. The van der Waals surface area contributed by atoms with Gasteiger partial charge in [-0.3, -0.25) is 9.29 Å². The summed E-state index contributed by atoms with van der Waals surface area (Å²) < 4.78 is 27.6. The van der Waals surface area contributed by atoms with Gasteiger partial charge >= 0.3 is 0 Å². The molecule has 24 heavy (non-hydrogen) atoms. The Bertz CT molecular complexity index is 992. The lowest BCUT2D eigenvalue weighted by atomic mass is 9.92. The van der Waals surface area contributed by atoms with E-state index in [9.17, 15) is 8.42 Å². The van der Waals surface area contributed by atoms with E-state index < -0.39 is 10.0 Å². The number of rotatable bonds is 1. The largest absolute Gasteiger partial charge is 0.266 e. The Morgan fingerprint density at radius 3 is 2.21 bits per heavy atom. The number of fused-ring (bicyclic) bond motifs is 1. The third-order valence-electron chi connectivity index (χ3n) is 4.87. The highest BCUT2D eigenvalue weighted by atomic mass is 32.2. The maximum Gasteiger partial charge on any atom is 0.266 e. The molecule has 2 aromatic rings. The van der Waals surface area contributed by atoms with E-state index in [2.05, 4.69) is 9.97 Å². The van der Waals surface area contributed by atoms with Gasteiger partial charge in [0.25, 0.3) is 10.0 Å². The van der Waals surface area contributed by atoms with E-state index in [-0.39, 0.29) is 0 Å². The first kappa shape index (κ1) is 16.6. The molecular formula is C18H21N3O2S. The van der Waals surface area contributed by atoms with Gasteiger partial charge in [-0.1, -0.05) is 6.07 Å². The molecule has 6 heteroatoms. The highest BCUT2D eigenvalue weighted by Crippen LogP contribution is 2.43. The van der Waals surface area contributed by atoms with E-state index in [0.29, 0.717) is 22.0 Å². The minimum atomic E-state index is -3.68. The Hall–Kier alpha value is -2.21. The zero-order chi connectivity index (χ0) is 17.8. The maximum absolute atomic E-state index is 13.2. The maximum atomic E-state index is 13.2. The molecular weight excluding hydrogens is 322 g/mol. The monoisotopic (exact) mass is 343 g/mol. The van der Waals surface area contributed by atoms with E-state index in [0.717, 1.165) is 27.8 Å². The van der Waals surface area contributed by atoms with Gasteiger partial charge in [-0.25, -0.2) is 13.4 Å². The second-order valence-corrected chi connectivity index (χ2v) is 8.20. The summed E-state index contributed by atoms with van der Waals surface area (Å²) in [6.45, 7) is 9.81. The van der Waals surface area contributed by atoms with Crippen molar-refractivity contribution in [1.29, 1.82) is 0 Å². The van der Waals surface area contributed by atoms with Crippen LogP contribution in [0, 0.1) is 27.7 Å². The van der Waals surface area contributed by atoms with Gasteiger partial charge < -0.3 is 0 Å². The van der Waals surface area contributed by atoms with Crippen LogP contribution in [0.5, 0.6) is 0 Å². The zero-order valence-electron chi connectivity index (χ0n) is 14.8. The van der Waals surface area contributed by atoms with E-state index in [1.165, 1.54) is 17.5 Å². The van der Waals surface area contributed by atoms with Crippen molar-refractivity contribution in [3.05, 3.63) is 52.0 Å². The summed E-state index contributed by atoms with van der Waals surface area (Å²) in [4.78, 5) is 8.90. The fourth-order valence-electron chi connectivity index (χ4n) is 3.33. The molecule has 0 saturated heterocycles. The number of allylic oxidation sites excluding steroid dienone is 1. The fraction of sp³-hybridized carbons (Fsp3) is 0.333. The number of hydrogen-bond acceptors (Lipinski definition) is 4. The van der Waals surface area contributed by atoms with E-state index in [1.54, 1.807) is 6.20 Å². The van der Waals surface area contributed by atoms with Crippen LogP contribution in [0.15, 0.2) is 18.5 Å². The highest BCUT2D eigenvalue weighted by molar-refractivity contribution is 8.02. The minimum Gasteiger partial charge on any atom is -0.251 e. The summed E-state index contributed by atoms with van der Waals surface area (Å²) in [5.41, 5.74) is 6.25. The molecule has 1 aromatic heterocycles. The van der Waals surface area contributed by atoms with Crippen LogP contribution in [0.2, 0.25) is 0 Å². The zero-order valence-corrected chi connectivity index (χ0v) is 15.6. The Morgan fingerprint density at radius 2 is 1.54 bits per heavy atom. The Morgan fingerprint density at radius 1 is 0.917 bits per heavy atom. The van der Waals surface area contributed by atoms with Gasteiger partial charge in [-0.2, -0.15) is 0 Å². The number of benzene rings is 1. The summed E-state index contributed by atoms with van der Waals surface area (Å²) in [6.07, 6.45) is 3.10. The lowest BCUT2D eigenvalue weighted by Crippen LogP contribution is -2.33. The van der Waals surface area contributed by atoms with Crippen LogP contribution in [-0.4, -0.2) is 25.4 Å². The second kappa shape index (κ2) is 5.41. The number of aromatic nitrogens is 2. The summed E-state index contributed by atoms with van der Waals surface area (Å²) >= 11 is 0. The first-order valence-corrected chi connectivity index (χ1v) is 9.21. The van der Waals surface area contributed by atoms with Crippen LogP contribution in [0.3, 0.4) is 0 Å². The fourth-order valence-corrected chi connectivity index (χ4v) is 5.02. The van der Waals surface area contributed by atoms with Gasteiger partial charge in [-0.05, 0) is 62.4 Å². The summed E-state index contributed by atoms with van der Waals surface area (Å²) in [6, 6.07) is 2.04. The van der Waals surface area contributed by atoms with Gasteiger partial charge in [0, 0.05) is 25.0 Å². The molecule has 0 saturated carbocycles. The van der Waals surface area contributed by atoms with Crippen molar-refractivity contribution in [3.63, 3.8) is 0 Å². The molecule has 126 valence electrons. The first-order valence-electron chi connectivity index (χ1n) is 7.77. The normalized spacial score (nSPS) is 16.3. The molecule has 0 aliphatic carbocycles. The number of aryl methyl sites for hydroxylation is 2. The quantitative estimate of drug-likeness (QED) is 0.796. The highest BCUT2D eigenvalue weighted by Gasteiger charge is 2.37. The molecule has 0 fully saturated rings. The van der Waals surface area contributed by atoms with Crippen molar-refractivity contribution in [1.82, 2.24) is 9.97 Å². The molecule has 0 radical (unpaired) electrons. The Kier molecular flexibility index (Phi) is 3.75. The van der Waals surface area contributed by atoms with Crippen molar-refractivity contribution < 1.29 is 8.42 Å². The van der Waals surface area contributed by atoms with E-state index in [1.807, 2.05) is 40.7 Å². The van der Waals surface area contributed by atoms with Crippen LogP contribution >= 0.6 is 0 Å². The summed E-state index contributed by atoms with van der Waals surface area (Å²) in [5.74, 6) is 0.373. The number of sulfonamides is 1. The molecule has 0 atom stereocenters. The van der Waals surface area contributed by atoms with Crippen molar-refractivity contribution in [2.24, 2.45) is 0 Å². The van der Waals surface area contributed by atoms with Crippen LogP contribution in [0.4, 0.5) is 5.82 Å². The lowest BCUT2D eigenvalue weighted by Gasteiger charge is -2.30. The van der Waals surface area contributed by atoms with Gasteiger partial charge in [0.15, 0.2) is 5.82 Å². The molecule has 0 bridgehead atoms. The van der Waals surface area contributed by atoms with Crippen molar-refractivity contribution in [2.45, 2.75) is 34.6 Å².